The molecule has 1 heterocycles. The van der Waals surface area contributed by atoms with E-state index in [1.165, 1.54) is 12.1 Å². The molecule has 0 radical (unpaired) electrons. The normalized spacial score (nSPS) is 14.8. The van der Waals surface area contributed by atoms with Crippen LogP contribution in [0.25, 0.3) is 10.9 Å². The number of carbonyl (C=O) groups excluding carboxylic acids is 3. The molecule has 5 atom stereocenters. The first-order valence-corrected chi connectivity index (χ1v) is 13.4. The summed E-state index contributed by atoms with van der Waals surface area (Å²) in [7, 11) is 0. The molecule has 41 heavy (non-hydrogen) atoms. The number of aliphatic hydroxyl groups is 1. The molecule has 12 nitrogen and oxygen atoms in total. The van der Waals surface area contributed by atoms with E-state index in [2.05, 4.69) is 20.9 Å². The highest BCUT2D eigenvalue weighted by Crippen LogP contribution is 2.20. The van der Waals surface area contributed by atoms with Crippen LogP contribution in [-0.2, 0) is 32.0 Å². The summed E-state index contributed by atoms with van der Waals surface area (Å²) < 4.78 is 0. The average molecular weight is 568 g/mol. The zero-order chi connectivity index (χ0) is 30.1. The number of para-hydroxylation sites is 1. The zero-order valence-corrected chi connectivity index (χ0v) is 23.0. The number of carboxylic acids is 1. The van der Waals surface area contributed by atoms with E-state index in [1.807, 2.05) is 31.2 Å². The van der Waals surface area contributed by atoms with Gasteiger partial charge < -0.3 is 42.0 Å². The second kappa shape index (κ2) is 14.3. The van der Waals surface area contributed by atoms with Crippen LogP contribution < -0.4 is 21.7 Å². The Labute approximate surface area is 237 Å². The molecule has 2 aromatic carbocycles. The van der Waals surface area contributed by atoms with Crippen LogP contribution in [0.2, 0.25) is 0 Å². The van der Waals surface area contributed by atoms with Gasteiger partial charge in [-0.1, -0.05) is 50.6 Å². The van der Waals surface area contributed by atoms with E-state index in [-0.39, 0.29) is 24.5 Å². The number of rotatable bonds is 14. The quantitative estimate of drug-likeness (QED) is 0.138. The number of aliphatic carboxylic acids is 1. The Morgan fingerprint density at radius 3 is 2.20 bits per heavy atom. The number of aromatic nitrogens is 1. The van der Waals surface area contributed by atoms with E-state index in [4.69, 9.17) is 5.73 Å². The van der Waals surface area contributed by atoms with Gasteiger partial charge in [-0.3, -0.25) is 14.4 Å². The van der Waals surface area contributed by atoms with Crippen LogP contribution in [0.3, 0.4) is 0 Å². The smallest absolute Gasteiger partial charge is 0.326 e. The Bertz CT molecular complexity index is 1360. The third kappa shape index (κ3) is 8.29. The third-order valence-corrected chi connectivity index (χ3v) is 7.05. The van der Waals surface area contributed by atoms with Crippen LogP contribution in [0.15, 0.2) is 54.7 Å². The molecular weight excluding hydrogens is 530 g/mol. The van der Waals surface area contributed by atoms with Gasteiger partial charge in [0.1, 0.15) is 29.9 Å². The first-order chi connectivity index (χ1) is 19.5. The minimum Gasteiger partial charge on any atom is -0.508 e. The largest absolute Gasteiger partial charge is 0.508 e. The summed E-state index contributed by atoms with van der Waals surface area (Å²) in [4.78, 5) is 54.5. The molecule has 3 amide bonds. The molecule has 3 rings (SSSR count). The zero-order valence-electron chi connectivity index (χ0n) is 23.0. The second-order valence-electron chi connectivity index (χ2n) is 10.1. The minimum absolute atomic E-state index is 0.00314. The van der Waals surface area contributed by atoms with E-state index >= 15 is 0 Å². The summed E-state index contributed by atoms with van der Waals surface area (Å²) in [5, 5.41) is 37.3. The highest BCUT2D eigenvalue weighted by atomic mass is 16.4. The fraction of sp³-hybridized carbons (Fsp3) is 0.379. The molecule has 0 aliphatic heterocycles. The van der Waals surface area contributed by atoms with Gasteiger partial charge in [0.05, 0.1) is 6.61 Å². The molecule has 0 saturated heterocycles. The summed E-state index contributed by atoms with van der Waals surface area (Å²) >= 11 is 0. The molecule has 0 spiro atoms. The van der Waals surface area contributed by atoms with Crippen molar-refractivity contribution >= 4 is 34.6 Å². The summed E-state index contributed by atoms with van der Waals surface area (Å²) in [5.41, 5.74) is 7.78. The van der Waals surface area contributed by atoms with Crippen molar-refractivity contribution in [3.8, 4) is 5.75 Å². The lowest BCUT2D eigenvalue weighted by molar-refractivity contribution is -0.142. The molecule has 0 bridgehead atoms. The van der Waals surface area contributed by atoms with Crippen molar-refractivity contribution in [3.05, 3.63) is 65.9 Å². The number of aromatic hydroxyl groups is 1. The number of phenols is 1. The fourth-order valence-corrected chi connectivity index (χ4v) is 4.38. The molecule has 5 unspecified atom stereocenters. The minimum atomic E-state index is -1.26. The van der Waals surface area contributed by atoms with E-state index in [0.717, 1.165) is 10.9 Å². The number of hydrogen-bond donors (Lipinski definition) is 8. The molecule has 0 aliphatic rings. The maximum absolute atomic E-state index is 13.4. The Morgan fingerprint density at radius 1 is 0.902 bits per heavy atom. The molecule has 1 aromatic heterocycles. The van der Waals surface area contributed by atoms with Gasteiger partial charge >= 0.3 is 5.97 Å². The van der Waals surface area contributed by atoms with Crippen molar-refractivity contribution < 1.29 is 34.5 Å². The highest BCUT2D eigenvalue weighted by molar-refractivity contribution is 5.94. The Morgan fingerprint density at radius 2 is 1.56 bits per heavy atom. The van der Waals surface area contributed by atoms with Crippen molar-refractivity contribution in [2.24, 2.45) is 11.7 Å². The topological polar surface area (TPSA) is 207 Å². The van der Waals surface area contributed by atoms with Crippen LogP contribution in [0.4, 0.5) is 0 Å². The number of H-pyrrole nitrogens is 1. The maximum atomic E-state index is 13.4. The third-order valence-electron chi connectivity index (χ3n) is 7.05. The number of aliphatic hydroxyl groups excluding tert-OH is 1. The Hall–Kier alpha value is -4.42. The number of nitrogens with two attached hydrogens (primary N) is 1. The lowest BCUT2D eigenvalue weighted by Crippen LogP contribution is -2.59. The number of carbonyl (C=O) groups is 4. The van der Waals surface area contributed by atoms with Crippen molar-refractivity contribution in [2.75, 3.05) is 6.61 Å². The molecule has 0 saturated carbocycles. The number of phenolic OH excluding ortho intramolecular Hbond substituents is 1. The van der Waals surface area contributed by atoms with Gasteiger partial charge in [0.15, 0.2) is 0 Å². The van der Waals surface area contributed by atoms with Gasteiger partial charge in [-0.15, -0.1) is 0 Å². The molecule has 0 fully saturated rings. The van der Waals surface area contributed by atoms with E-state index in [0.29, 0.717) is 17.5 Å². The van der Waals surface area contributed by atoms with Crippen molar-refractivity contribution in [1.82, 2.24) is 20.9 Å². The molecule has 220 valence electrons. The van der Waals surface area contributed by atoms with E-state index < -0.39 is 54.5 Å². The molecule has 0 aliphatic carbocycles. The molecule has 9 N–H and O–H groups in total. The number of carboxylic acid groups (broad SMARTS) is 1. The lowest BCUT2D eigenvalue weighted by Gasteiger charge is -2.28. The Balaban J connectivity index is 1.80. The van der Waals surface area contributed by atoms with Crippen molar-refractivity contribution in [1.29, 1.82) is 0 Å². The van der Waals surface area contributed by atoms with Crippen molar-refractivity contribution in [2.45, 2.75) is 57.3 Å². The van der Waals surface area contributed by atoms with Gasteiger partial charge in [-0.2, -0.15) is 0 Å². The number of amides is 3. The Kier molecular flexibility index (Phi) is 10.8. The summed E-state index contributed by atoms with van der Waals surface area (Å²) in [6.45, 7) is 2.94. The molecule has 3 aromatic rings. The van der Waals surface area contributed by atoms with Crippen LogP contribution in [-0.4, -0.2) is 74.8 Å². The SMILES string of the molecule is CCC(C)C(NC(=O)C(Cc1ccc(O)cc1)NC(=O)C(N)CO)C(=O)NC(Cc1c[nH]c2ccccc12)C(=O)O. The van der Waals surface area contributed by atoms with Gasteiger partial charge in [-0.25, -0.2) is 4.79 Å². The summed E-state index contributed by atoms with van der Waals surface area (Å²) in [6.07, 6.45) is 2.21. The molecule has 12 heteroatoms. The van der Waals surface area contributed by atoms with Crippen LogP contribution in [0.1, 0.15) is 31.4 Å². The lowest BCUT2D eigenvalue weighted by atomic mass is 9.96. The monoisotopic (exact) mass is 567 g/mol. The number of fused-ring (bicyclic) bond motifs is 1. The predicted octanol–water partition coefficient (Wildman–Crippen LogP) is 0.563. The van der Waals surface area contributed by atoms with Crippen LogP contribution in [0, 0.1) is 5.92 Å². The van der Waals surface area contributed by atoms with Gasteiger partial charge in [-0.05, 0) is 35.2 Å². The maximum Gasteiger partial charge on any atom is 0.326 e. The first kappa shape index (κ1) is 31.1. The van der Waals surface area contributed by atoms with E-state index in [9.17, 15) is 34.5 Å². The van der Waals surface area contributed by atoms with Gasteiger partial charge in [0, 0.05) is 29.9 Å². The number of hydrogen-bond acceptors (Lipinski definition) is 7. The van der Waals surface area contributed by atoms with Crippen molar-refractivity contribution in [3.63, 3.8) is 0 Å². The van der Waals surface area contributed by atoms with Gasteiger partial charge in [0.25, 0.3) is 0 Å². The standard InChI is InChI=1S/C29H37N5O7/c1-3-16(2)25(28(39)33-24(29(40)41)13-18-14-31-22-7-5-4-6-20(18)22)34-27(38)23(32-26(37)21(30)15-35)12-17-8-10-19(36)11-9-17/h4-11,14,16,21,23-25,31,35-36H,3,12-13,15,30H2,1-2H3,(H,32,37)(H,33,39)(H,34,38)(H,40,41). The highest BCUT2D eigenvalue weighted by Gasteiger charge is 2.33. The second-order valence-corrected chi connectivity index (χ2v) is 10.1. The van der Waals surface area contributed by atoms with E-state index in [1.54, 1.807) is 25.3 Å². The number of aromatic amines is 1. The first-order valence-electron chi connectivity index (χ1n) is 13.4. The summed E-state index contributed by atoms with van der Waals surface area (Å²) in [5.74, 6) is -3.72. The number of nitrogens with one attached hydrogen (secondary N) is 4. The molecular formula is C29H37N5O7. The van der Waals surface area contributed by atoms with Gasteiger partial charge in [0.2, 0.25) is 17.7 Å². The van der Waals surface area contributed by atoms with Crippen LogP contribution in [0.5, 0.6) is 5.75 Å². The average Bonchev–Trinajstić information content (AvgIpc) is 3.37. The fourth-order valence-electron chi connectivity index (χ4n) is 4.38. The van der Waals surface area contributed by atoms with Crippen LogP contribution >= 0.6 is 0 Å². The number of benzene rings is 2. The predicted molar refractivity (Wildman–Crippen MR) is 152 cm³/mol. The summed E-state index contributed by atoms with van der Waals surface area (Å²) in [6, 6.07) is 8.62.